The molecular formula is C68H44N6. The van der Waals surface area contributed by atoms with Crippen molar-refractivity contribution in [2.45, 2.75) is 11.8 Å². The van der Waals surface area contributed by atoms with Gasteiger partial charge in [-0.2, -0.15) is 0 Å². The SMILES string of the molecule is c1ccc(-c2ccc(-c3nc(-c4ccc(-c5ccccc5)cc4)nc(-c4ccc5c(c4)-c4cc(-c6nc(-c7ccccc7)nc(-c7ccccc7)n6)ccc4C54c5ccccc5Cc5ccccc54)n3)cc2)cc1. The molecule has 0 fully saturated rings. The van der Waals surface area contributed by atoms with Crippen molar-refractivity contribution < 1.29 is 0 Å². The monoisotopic (exact) mass is 944 g/mol. The van der Waals surface area contributed by atoms with E-state index in [-0.39, 0.29) is 0 Å². The average Bonchev–Trinajstić information content (AvgIpc) is 3.77. The van der Waals surface area contributed by atoms with E-state index in [9.17, 15) is 0 Å². The van der Waals surface area contributed by atoms with Crippen molar-refractivity contribution in [3.63, 3.8) is 0 Å². The molecule has 346 valence electrons. The first-order chi connectivity index (χ1) is 36.6. The number of nitrogens with zero attached hydrogens (tertiary/aromatic N) is 6. The Bertz CT molecular complexity index is 3860. The summed E-state index contributed by atoms with van der Waals surface area (Å²) in [5.41, 5.74) is 19.3. The Hall–Kier alpha value is -9.78. The minimum absolute atomic E-state index is 0.590. The lowest BCUT2D eigenvalue weighted by Crippen LogP contribution is -2.34. The highest BCUT2D eigenvalue weighted by atomic mass is 15.0. The normalized spacial score (nSPS) is 12.6. The largest absolute Gasteiger partial charge is 0.208 e. The number of fused-ring (bicyclic) bond motifs is 9. The Morgan fingerprint density at radius 2 is 0.473 bits per heavy atom. The summed E-state index contributed by atoms with van der Waals surface area (Å²) in [5, 5.41) is 0. The molecule has 1 spiro atoms. The van der Waals surface area contributed by atoms with Gasteiger partial charge in [-0.05, 0) is 85.3 Å². The summed E-state index contributed by atoms with van der Waals surface area (Å²) in [6.45, 7) is 0. The fourth-order valence-corrected chi connectivity index (χ4v) is 11.2. The summed E-state index contributed by atoms with van der Waals surface area (Å²) in [6.07, 6.45) is 0.860. The van der Waals surface area contributed by atoms with Gasteiger partial charge in [-0.1, -0.05) is 243 Å². The van der Waals surface area contributed by atoms with Gasteiger partial charge in [-0.15, -0.1) is 0 Å². The number of hydrogen-bond donors (Lipinski definition) is 0. The van der Waals surface area contributed by atoms with Crippen LogP contribution in [0.3, 0.4) is 0 Å². The Kier molecular flexibility index (Phi) is 10.4. The lowest BCUT2D eigenvalue weighted by Gasteiger charge is -2.40. The van der Waals surface area contributed by atoms with E-state index in [2.05, 4.69) is 182 Å². The molecule has 6 heteroatoms. The zero-order chi connectivity index (χ0) is 49.0. The first kappa shape index (κ1) is 43.0. The summed E-state index contributed by atoms with van der Waals surface area (Å²) < 4.78 is 0. The van der Waals surface area contributed by atoms with Crippen LogP contribution in [0.5, 0.6) is 0 Å². The average molecular weight is 945 g/mol. The number of hydrogen-bond acceptors (Lipinski definition) is 6. The number of aromatic nitrogens is 6. The molecule has 0 atom stereocenters. The van der Waals surface area contributed by atoms with Crippen molar-refractivity contribution in [1.82, 2.24) is 29.9 Å². The van der Waals surface area contributed by atoms with Gasteiger partial charge in [0.25, 0.3) is 0 Å². The first-order valence-electron chi connectivity index (χ1n) is 25.1. The fourth-order valence-electron chi connectivity index (χ4n) is 11.2. The van der Waals surface area contributed by atoms with Crippen LogP contribution in [0, 0.1) is 0 Å². The second-order valence-electron chi connectivity index (χ2n) is 19.0. The quantitative estimate of drug-likeness (QED) is 0.151. The third kappa shape index (κ3) is 7.34. The highest BCUT2D eigenvalue weighted by molar-refractivity contribution is 5.92. The van der Waals surface area contributed by atoms with Crippen LogP contribution in [0.2, 0.25) is 0 Å². The summed E-state index contributed by atoms with van der Waals surface area (Å²) in [5.74, 6) is 3.64. The molecule has 0 saturated heterocycles. The smallest absolute Gasteiger partial charge is 0.164 e. The van der Waals surface area contributed by atoms with Gasteiger partial charge in [0.05, 0.1) is 5.41 Å². The zero-order valence-corrected chi connectivity index (χ0v) is 40.1. The molecule has 74 heavy (non-hydrogen) atoms. The van der Waals surface area contributed by atoms with Crippen molar-refractivity contribution in [3.05, 3.63) is 288 Å². The maximum Gasteiger partial charge on any atom is 0.164 e. The second-order valence-corrected chi connectivity index (χ2v) is 19.0. The van der Waals surface area contributed by atoms with Crippen LogP contribution in [0.15, 0.2) is 255 Å². The van der Waals surface area contributed by atoms with Gasteiger partial charge in [-0.25, -0.2) is 29.9 Å². The second kappa shape index (κ2) is 17.8. The maximum atomic E-state index is 5.32. The molecule has 6 nitrogen and oxygen atoms in total. The summed E-state index contributed by atoms with van der Waals surface area (Å²) in [7, 11) is 0. The highest BCUT2D eigenvalue weighted by Crippen LogP contribution is 2.60. The standard InChI is InChI=1S/C68H44N6/c1-5-17-44(18-6-1)46-29-33-50(34-30-46)64-70-65(51-35-31-47(32-36-51)45-19-7-2-8-20-45)74-67(73-64)55-38-40-61-57(43-55)56-42-54(66-71-62(48-21-9-3-10-22-48)69-63(72-66)49-23-11-4-12-24-49)37-39-60(56)68(61)58-27-15-13-25-52(58)41-53-26-14-16-28-59(53)68/h1-40,42-43H,41H2. The molecule has 10 aromatic carbocycles. The maximum absolute atomic E-state index is 5.32. The molecule has 0 saturated carbocycles. The molecule has 0 aliphatic heterocycles. The van der Waals surface area contributed by atoms with Crippen molar-refractivity contribution in [2.24, 2.45) is 0 Å². The zero-order valence-electron chi connectivity index (χ0n) is 40.1. The Morgan fingerprint density at radius 1 is 0.216 bits per heavy atom. The predicted molar refractivity (Wildman–Crippen MR) is 297 cm³/mol. The molecule has 14 rings (SSSR count). The van der Waals surface area contributed by atoms with Gasteiger partial charge >= 0.3 is 0 Å². The molecule has 2 aromatic heterocycles. The van der Waals surface area contributed by atoms with Crippen LogP contribution in [0.1, 0.15) is 33.4 Å². The Balaban J connectivity index is 0.974. The van der Waals surface area contributed by atoms with E-state index >= 15 is 0 Å². The van der Waals surface area contributed by atoms with Crippen LogP contribution < -0.4 is 0 Å². The van der Waals surface area contributed by atoms with E-state index in [0.717, 1.165) is 73.2 Å². The molecule has 0 radical (unpaired) electrons. The predicted octanol–water partition coefficient (Wildman–Crippen LogP) is 15.7. The Morgan fingerprint density at radius 3 is 0.838 bits per heavy atom. The summed E-state index contributed by atoms with van der Waals surface area (Å²) >= 11 is 0. The van der Waals surface area contributed by atoms with Gasteiger partial charge in [0.1, 0.15) is 0 Å². The van der Waals surface area contributed by atoms with Gasteiger partial charge in [-0.3, -0.25) is 0 Å². The molecule has 2 heterocycles. The molecule has 0 unspecified atom stereocenters. The van der Waals surface area contributed by atoms with E-state index in [4.69, 9.17) is 29.9 Å². The molecule has 2 aliphatic carbocycles. The summed E-state index contributed by atoms with van der Waals surface area (Å²) in [6, 6.07) is 89.7. The third-order valence-electron chi connectivity index (χ3n) is 14.7. The Labute approximate surface area is 429 Å². The first-order valence-corrected chi connectivity index (χ1v) is 25.1. The van der Waals surface area contributed by atoms with Gasteiger partial charge < -0.3 is 0 Å². The van der Waals surface area contributed by atoms with E-state index < -0.39 is 5.41 Å². The highest BCUT2D eigenvalue weighted by Gasteiger charge is 2.50. The van der Waals surface area contributed by atoms with Gasteiger partial charge in [0.2, 0.25) is 0 Å². The van der Waals surface area contributed by atoms with Gasteiger partial charge in [0.15, 0.2) is 34.9 Å². The fraction of sp³-hybridized carbons (Fsp3) is 0.0294. The molecule has 0 N–H and O–H groups in total. The minimum Gasteiger partial charge on any atom is -0.208 e. The van der Waals surface area contributed by atoms with Crippen molar-refractivity contribution in [3.8, 4) is 102 Å². The van der Waals surface area contributed by atoms with Crippen LogP contribution in [-0.2, 0) is 11.8 Å². The van der Waals surface area contributed by atoms with E-state index in [0.29, 0.717) is 34.9 Å². The molecule has 12 aromatic rings. The van der Waals surface area contributed by atoms with Crippen LogP contribution in [0.25, 0.3) is 102 Å². The molecule has 0 bridgehead atoms. The number of rotatable bonds is 8. The topological polar surface area (TPSA) is 77.3 Å². The van der Waals surface area contributed by atoms with Crippen LogP contribution in [0.4, 0.5) is 0 Å². The van der Waals surface area contributed by atoms with Gasteiger partial charge in [0, 0.05) is 33.4 Å². The van der Waals surface area contributed by atoms with Crippen LogP contribution >= 0.6 is 0 Å². The molecule has 2 aliphatic rings. The van der Waals surface area contributed by atoms with Crippen molar-refractivity contribution in [1.29, 1.82) is 0 Å². The van der Waals surface area contributed by atoms with E-state index in [1.165, 1.54) is 33.4 Å². The van der Waals surface area contributed by atoms with Crippen molar-refractivity contribution in [2.75, 3.05) is 0 Å². The van der Waals surface area contributed by atoms with Crippen LogP contribution in [-0.4, -0.2) is 29.9 Å². The molecular weight excluding hydrogens is 901 g/mol. The lowest BCUT2D eigenvalue weighted by molar-refractivity contribution is 0.722. The van der Waals surface area contributed by atoms with Crippen molar-refractivity contribution >= 4 is 0 Å². The number of benzene rings is 10. The summed E-state index contributed by atoms with van der Waals surface area (Å²) in [4.78, 5) is 31.2. The lowest BCUT2D eigenvalue weighted by atomic mass is 9.61. The molecule has 0 amide bonds. The van der Waals surface area contributed by atoms with E-state index in [1.54, 1.807) is 0 Å². The minimum atomic E-state index is -0.590. The van der Waals surface area contributed by atoms with E-state index in [1.807, 2.05) is 72.8 Å². The third-order valence-corrected chi connectivity index (χ3v) is 14.7.